The van der Waals surface area contributed by atoms with Crippen molar-refractivity contribution in [2.75, 3.05) is 19.6 Å². The second kappa shape index (κ2) is 9.10. The van der Waals surface area contributed by atoms with Crippen LogP contribution >= 0.6 is 0 Å². The van der Waals surface area contributed by atoms with Crippen LogP contribution in [0.2, 0.25) is 0 Å². The van der Waals surface area contributed by atoms with E-state index >= 15 is 0 Å². The van der Waals surface area contributed by atoms with Crippen molar-refractivity contribution >= 4 is 6.03 Å². The zero-order valence-electron chi connectivity index (χ0n) is 16.2. The van der Waals surface area contributed by atoms with Crippen molar-refractivity contribution in [3.63, 3.8) is 0 Å². The molecule has 0 atom stereocenters. The Balaban J connectivity index is 1.12. The summed E-state index contributed by atoms with van der Waals surface area (Å²) in [4.78, 5) is 27.5. The number of carbonyl (C=O) groups is 1. The maximum absolute atomic E-state index is 12.2. The molecule has 1 aliphatic heterocycles. The Hall–Kier alpha value is -2.54. The maximum atomic E-state index is 12.2. The predicted octanol–water partition coefficient (Wildman–Crippen LogP) is 2.26. The van der Waals surface area contributed by atoms with Crippen molar-refractivity contribution in [1.29, 1.82) is 0 Å². The molecule has 7 heteroatoms. The Kier molecular flexibility index (Phi) is 6.11. The van der Waals surface area contributed by atoms with E-state index in [2.05, 4.69) is 42.6 Å². The first-order valence-electron chi connectivity index (χ1n) is 10.2. The lowest BCUT2D eigenvalue weighted by atomic mass is 10.0. The molecular formula is C21H28N6O. The highest BCUT2D eigenvalue weighted by Gasteiger charge is 2.26. The number of nitrogens with one attached hydrogen (secondary N) is 2. The smallest absolute Gasteiger partial charge is 0.315 e. The van der Waals surface area contributed by atoms with E-state index in [1.54, 1.807) is 0 Å². The lowest BCUT2D eigenvalue weighted by molar-refractivity contribution is 0.186. The Morgan fingerprint density at radius 1 is 1.04 bits per heavy atom. The van der Waals surface area contributed by atoms with Crippen LogP contribution in [0.5, 0.6) is 0 Å². The molecule has 2 fully saturated rings. The number of hydrogen-bond donors (Lipinski definition) is 2. The van der Waals surface area contributed by atoms with Gasteiger partial charge in [0, 0.05) is 62.9 Å². The molecule has 3 heterocycles. The van der Waals surface area contributed by atoms with E-state index < -0.39 is 0 Å². The molecule has 2 aromatic rings. The van der Waals surface area contributed by atoms with Gasteiger partial charge >= 0.3 is 6.03 Å². The number of aromatic nitrogens is 3. The third kappa shape index (κ3) is 5.48. The Bertz CT molecular complexity index is 754. The molecule has 4 rings (SSSR count). The first-order valence-corrected chi connectivity index (χ1v) is 10.2. The summed E-state index contributed by atoms with van der Waals surface area (Å²) in [5.41, 5.74) is 2.35. The van der Waals surface area contributed by atoms with E-state index in [1.165, 1.54) is 18.4 Å². The fraction of sp³-hybridized carbons (Fsp3) is 0.524. The molecule has 148 valence electrons. The number of pyridine rings is 1. The average Bonchev–Trinajstić information content (AvgIpc) is 3.56. The summed E-state index contributed by atoms with van der Waals surface area (Å²) >= 11 is 0. The molecule has 2 aromatic heterocycles. The number of urea groups is 1. The number of hydrogen-bond acceptors (Lipinski definition) is 5. The molecule has 1 aliphatic carbocycles. The molecule has 0 radical (unpaired) electrons. The number of rotatable bonds is 7. The molecule has 1 saturated heterocycles. The van der Waals surface area contributed by atoms with Crippen LogP contribution in [-0.4, -0.2) is 51.6 Å². The van der Waals surface area contributed by atoms with E-state index in [4.69, 9.17) is 0 Å². The minimum absolute atomic E-state index is 0.0805. The van der Waals surface area contributed by atoms with Gasteiger partial charge in [0.1, 0.15) is 5.82 Å². The summed E-state index contributed by atoms with van der Waals surface area (Å²) < 4.78 is 0. The number of piperidine rings is 1. The third-order valence-corrected chi connectivity index (χ3v) is 5.45. The number of likely N-dealkylation sites (tertiary alicyclic amines) is 1. The quantitative estimate of drug-likeness (QED) is 0.770. The molecule has 0 unspecified atom stereocenters. The minimum atomic E-state index is -0.0805. The molecule has 2 N–H and O–H groups in total. The van der Waals surface area contributed by atoms with Crippen LogP contribution in [0.15, 0.2) is 36.9 Å². The summed E-state index contributed by atoms with van der Waals surface area (Å²) in [6, 6.07) is 4.28. The third-order valence-electron chi connectivity index (χ3n) is 5.45. The Morgan fingerprint density at radius 3 is 2.43 bits per heavy atom. The largest absolute Gasteiger partial charge is 0.338 e. The lowest BCUT2D eigenvalue weighted by Crippen LogP contribution is -2.48. The highest BCUT2D eigenvalue weighted by Crippen LogP contribution is 2.37. The molecular weight excluding hydrogens is 352 g/mol. The van der Waals surface area contributed by atoms with Gasteiger partial charge in [-0.1, -0.05) is 0 Å². The fourth-order valence-electron chi connectivity index (χ4n) is 3.58. The van der Waals surface area contributed by atoms with E-state index in [9.17, 15) is 4.79 Å². The minimum Gasteiger partial charge on any atom is -0.338 e. The van der Waals surface area contributed by atoms with Crippen LogP contribution in [0, 0.1) is 0 Å². The van der Waals surface area contributed by atoms with E-state index in [1.807, 2.05) is 24.8 Å². The normalized spacial score (nSPS) is 18.0. The zero-order chi connectivity index (χ0) is 19.2. The van der Waals surface area contributed by atoms with Gasteiger partial charge in [0.15, 0.2) is 0 Å². The molecule has 1 saturated carbocycles. The lowest BCUT2D eigenvalue weighted by Gasteiger charge is -2.32. The number of carbonyl (C=O) groups excluding carboxylic acids is 1. The number of nitrogens with zero attached hydrogens (tertiary/aromatic N) is 4. The zero-order valence-corrected chi connectivity index (χ0v) is 16.2. The summed E-state index contributed by atoms with van der Waals surface area (Å²) in [5, 5.41) is 6.06. The number of amides is 2. The Labute approximate surface area is 166 Å². The standard InChI is InChI=1S/C21H28N6O/c28-21(23-10-5-17-13-24-20(25-14-17)18-1-2-18)26-19-6-11-27(12-7-19)15-16-3-8-22-9-4-16/h3-4,8-9,13-14,18-19H,1-2,5-7,10-12,15H2,(H2,23,26,28). The summed E-state index contributed by atoms with van der Waals surface area (Å²) in [6.07, 6.45) is 12.6. The predicted molar refractivity (Wildman–Crippen MR) is 107 cm³/mol. The van der Waals surface area contributed by atoms with Gasteiger partial charge in [0.2, 0.25) is 0 Å². The van der Waals surface area contributed by atoms with Crippen molar-refractivity contribution in [3.8, 4) is 0 Å². The highest BCUT2D eigenvalue weighted by molar-refractivity contribution is 5.74. The monoisotopic (exact) mass is 380 g/mol. The second-order valence-electron chi connectivity index (χ2n) is 7.78. The molecule has 0 spiro atoms. The summed E-state index contributed by atoms with van der Waals surface area (Å²) in [6.45, 7) is 3.54. The van der Waals surface area contributed by atoms with Crippen LogP contribution < -0.4 is 10.6 Å². The van der Waals surface area contributed by atoms with Gasteiger partial charge in [-0.15, -0.1) is 0 Å². The maximum Gasteiger partial charge on any atom is 0.315 e. The SMILES string of the molecule is O=C(NCCc1cnc(C2CC2)nc1)NC1CCN(Cc2ccncc2)CC1. The molecule has 0 aromatic carbocycles. The second-order valence-corrected chi connectivity index (χ2v) is 7.78. The molecule has 2 amide bonds. The van der Waals surface area contributed by atoms with Gasteiger partial charge in [0.05, 0.1) is 0 Å². The van der Waals surface area contributed by atoms with Crippen LogP contribution in [0.25, 0.3) is 0 Å². The van der Waals surface area contributed by atoms with Crippen molar-refractivity contribution in [2.45, 2.75) is 50.6 Å². The van der Waals surface area contributed by atoms with Crippen molar-refractivity contribution in [3.05, 3.63) is 53.9 Å². The first kappa shape index (κ1) is 18.8. The highest BCUT2D eigenvalue weighted by atomic mass is 16.2. The van der Waals surface area contributed by atoms with Gasteiger partial charge in [-0.2, -0.15) is 0 Å². The van der Waals surface area contributed by atoms with Crippen molar-refractivity contribution in [2.24, 2.45) is 0 Å². The summed E-state index contributed by atoms with van der Waals surface area (Å²) in [7, 11) is 0. The van der Waals surface area contributed by atoms with Gasteiger partial charge < -0.3 is 10.6 Å². The first-order chi connectivity index (χ1) is 13.8. The average molecular weight is 380 g/mol. The van der Waals surface area contributed by atoms with E-state index in [-0.39, 0.29) is 12.1 Å². The van der Waals surface area contributed by atoms with Crippen LogP contribution in [0.1, 0.15) is 48.6 Å². The van der Waals surface area contributed by atoms with E-state index in [0.717, 1.165) is 50.3 Å². The van der Waals surface area contributed by atoms with Crippen molar-refractivity contribution < 1.29 is 4.79 Å². The van der Waals surface area contributed by atoms with Crippen LogP contribution in [0.4, 0.5) is 4.79 Å². The Morgan fingerprint density at radius 2 is 1.75 bits per heavy atom. The molecule has 28 heavy (non-hydrogen) atoms. The molecule has 0 bridgehead atoms. The van der Waals surface area contributed by atoms with Crippen LogP contribution in [-0.2, 0) is 13.0 Å². The van der Waals surface area contributed by atoms with Gasteiger partial charge in [-0.25, -0.2) is 14.8 Å². The molecule has 2 aliphatic rings. The van der Waals surface area contributed by atoms with Crippen molar-refractivity contribution in [1.82, 2.24) is 30.5 Å². The van der Waals surface area contributed by atoms with Crippen LogP contribution in [0.3, 0.4) is 0 Å². The van der Waals surface area contributed by atoms with Gasteiger partial charge in [0.25, 0.3) is 0 Å². The topological polar surface area (TPSA) is 83.0 Å². The molecule has 7 nitrogen and oxygen atoms in total. The fourth-order valence-corrected chi connectivity index (χ4v) is 3.58. The van der Waals surface area contributed by atoms with Gasteiger partial charge in [-0.3, -0.25) is 9.88 Å². The van der Waals surface area contributed by atoms with E-state index in [0.29, 0.717) is 12.5 Å². The van der Waals surface area contributed by atoms with Gasteiger partial charge in [-0.05, 0) is 55.4 Å². The summed E-state index contributed by atoms with van der Waals surface area (Å²) in [5.74, 6) is 1.54.